The predicted molar refractivity (Wildman–Crippen MR) is 120 cm³/mol. The molecule has 1 amide bonds. The van der Waals surface area contributed by atoms with Crippen molar-refractivity contribution in [3.8, 4) is 0 Å². The summed E-state index contributed by atoms with van der Waals surface area (Å²) in [5.74, 6) is 0.342. The number of benzene rings is 1. The summed E-state index contributed by atoms with van der Waals surface area (Å²) in [5, 5.41) is 5.38. The molecule has 0 fully saturated rings. The fourth-order valence-corrected chi connectivity index (χ4v) is 3.00. The molecule has 2 aromatic rings. The molecule has 8 heteroatoms. The topological polar surface area (TPSA) is 47.9 Å². The van der Waals surface area contributed by atoms with E-state index < -0.39 is 0 Å². The predicted octanol–water partition coefficient (Wildman–Crippen LogP) is 3.21. The summed E-state index contributed by atoms with van der Waals surface area (Å²) in [7, 11) is 5.33. The molecule has 148 valence electrons. The van der Waals surface area contributed by atoms with E-state index in [-0.39, 0.29) is 42.2 Å². The van der Waals surface area contributed by atoms with Crippen molar-refractivity contribution in [3.05, 3.63) is 58.0 Å². The van der Waals surface area contributed by atoms with Crippen LogP contribution in [0.4, 0.5) is 4.39 Å². The largest absolute Gasteiger partial charge is 0.356 e. The number of hydrogen-bond acceptors (Lipinski definition) is 3. The molecule has 0 atom stereocenters. The molecule has 0 bridgehead atoms. The molecular weight excluding hydrogens is 478 g/mol. The van der Waals surface area contributed by atoms with Crippen LogP contribution in [0.15, 0.2) is 46.8 Å². The van der Waals surface area contributed by atoms with Gasteiger partial charge in [0.15, 0.2) is 5.96 Å². The van der Waals surface area contributed by atoms with Gasteiger partial charge in [-0.05, 0) is 35.6 Å². The zero-order chi connectivity index (χ0) is 18.9. The number of hydrogen-bond donors (Lipinski definition) is 1. The quantitative estimate of drug-likeness (QED) is 0.358. The summed E-state index contributed by atoms with van der Waals surface area (Å²) < 4.78 is 13.1. The first-order valence-corrected chi connectivity index (χ1v) is 9.30. The third-order valence-electron chi connectivity index (χ3n) is 3.79. The van der Waals surface area contributed by atoms with Crippen LogP contribution in [0.2, 0.25) is 0 Å². The van der Waals surface area contributed by atoms with Crippen molar-refractivity contribution in [3.63, 3.8) is 0 Å². The maximum Gasteiger partial charge on any atom is 0.243 e. The van der Waals surface area contributed by atoms with Crippen LogP contribution in [0.3, 0.4) is 0 Å². The van der Waals surface area contributed by atoms with Gasteiger partial charge in [-0.3, -0.25) is 4.79 Å². The lowest BCUT2D eigenvalue weighted by Crippen LogP contribution is -2.40. The standard InChI is InChI=1S/C19H25FN4OS.HI/c1-23(2)18(25)13-22-19(21-11-10-17-5-4-12-26-17)24(3)14-15-6-8-16(20)9-7-15;/h4-9,12H,10-11,13-14H2,1-3H3,(H,21,22);1H. The highest BCUT2D eigenvalue weighted by atomic mass is 127. The summed E-state index contributed by atoms with van der Waals surface area (Å²) in [6, 6.07) is 10.5. The summed E-state index contributed by atoms with van der Waals surface area (Å²) in [6.45, 7) is 1.38. The number of nitrogens with zero attached hydrogens (tertiary/aromatic N) is 3. The minimum atomic E-state index is -0.254. The fraction of sp³-hybridized carbons (Fsp3) is 0.368. The number of thiophene rings is 1. The molecule has 1 heterocycles. The summed E-state index contributed by atoms with van der Waals surface area (Å²) in [4.78, 5) is 21.1. The average molecular weight is 504 g/mol. The zero-order valence-corrected chi connectivity index (χ0v) is 19.0. The lowest BCUT2D eigenvalue weighted by atomic mass is 10.2. The third kappa shape index (κ3) is 8.25. The lowest BCUT2D eigenvalue weighted by molar-refractivity contribution is -0.127. The Hall–Kier alpha value is -1.68. The Morgan fingerprint density at radius 2 is 1.89 bits per heavy atom. The van der Waals surface area contributed by atoms with Gasteiger partial charge in [-0.1, -0.05) is 18.2 Å². The Morgan fingerprint density at radius 1 is 1.19 bits per heavy atom. The second kappa shape index (κ2) is 11.9. The summed E-state index contributed by atoms with van der Waals surface area (Å²) in [6.07, 6.45) is 0.892. The van der Waals surface area contributed by atoms with Crippen molar-refractivity contribution in [1.82, 2.24) is 15.1 Å². The van der Waals surface area contributed by atoms with Crippen LogP contribution < -0.4 is 5.32 Å². The van der Waals surface area contributed by atoms with Crippen molar-refractivity contribution in [1.29, 1.82) is 0 Å². The van der Waals surface area contributed by atoms with Gasteiger partial charge in [-0.2, -0.15) is 0 Å². The molecule has 0 saturated carbocycles. The molecule has 5 nitrogen and oxygen atoms in total. The minimum Gasteiger partial charge on any atom is -0.356 e. The molecule has 1 aromatic carbocycles. The lowest BCUT2D eigenvalue weighted by Gasteiger charge is -2.23. The van der Waals surface area contributed by atoms with Crippen molar-refractivity contribution >= 4 is 47.2 Å². The molecule has 1 N–H and O–H groups in total. The van der Waals surface area contributed by atoms with Gasteiger partial charge in [-0.15, -0.1) is 35.3 Å². The highest BCUT2D eigenvalue weighted by molar-refractivity contribution is 14.0. The number of nitrogens with one attached hydrogen (secondary N) is 1. The van der Waals surface area contributed by atoms with Crippen LogP contribution in [0.25, 0.3) is 0 Å². The van der Waals surface area contributed by atoms with Crippen LogP contribution in [-0.2, 0) is 17.8 Å². The van der Waals surface area contributed by atoms with Gasteiger partial charge in [-0.25, -0.2) is 9.38 Å². The van der Waals surface area contributed by atoms with Crippen molar-refractivity contribution in [2.24, 2.45) is 4.99 Å². The Morgan fingerprint density at radius 3 is 2.48 bits per heavy atom. The van der Waals surface area contributed by atoms with Crippen LogP contribution >= 0.6 is 35.3 Å². The van der Waals surface area contributed by atoms with Crippen LogP contribution in [-0.4, -0.2) is 55.9 Å². The Bertz CT molecular complexity index is 720. The first-order chi connectivity index (χ1) is 12.5. The first-order valence-electron chi connectivity index (χ1n) is 8.42. The maximum atomic E-state index is 13.1. The molecule has 0 aliphatic rings. The number of guanidine groups is 1. The smallest absolute Gasteiger partial charge is 0.243 e. The van der Waals surface area contributed by atoms with E-state index in [0.717, 1.165) is 18.5 Å². The second-order valence-electron chi connectivity index (χ2n) is 6.17. The van der Waals surface area contributed by atoms with Crippen LogP contribution in [0.5, 0.6) is 0 Å². The normalized spacial score (nSPS) is 10.9. The summed E-state index contributed by atoms with van der Waals surface area (Å²) in [5.41, 5.74) is 0.973. The van der Waals surface area contributed by atoms with Crippen LogP contribution in [0, 0.1) is 5.82 Å². The monoisotopic (exact) mass is 504 g/mol. The number of amides is 1. The average Bonchev–Trinajstić information content (AvgIpc) is 3.12. The summed E-state index contributed by atoms with van der Waals surface area (Å²) >= 11 is 1.72. The zero-order valence-electron chi connectivity index (χ0n) is 15.8. The van der Waals surface area contributed by atoms with Gasteiger partial charge in [0.1, 0.15) is 12.4 Å². The molecule has 27 heavy (non-hydrogen) atoms. The molecule has 2 rings (SSSR count). The van der Waals surface area contributed by atoms with Crippen molar-refractivity contribution < 1.29 is 9.18 Å². The Kier molecular flexibility index (Phi) is 10.3. The van der Waals surface area contributed by atoms with Gasteiger partial charge in [0.25, 0.3) is 0 Å². The molecule has 0 radical (unpaired) electrons. The fourth-order valence-electron chi connectivity index (χ4n) is 2.29. The number of carbonyl (C=O) groups excluding carboxylic acids is 1. The van der Waals surface area contributed by atoms with Gasteiger partial charge < -0.3 is 15.1 Å². The highest BCUT2D eigenvalue weighted by Gasteiger charge is 2.10. The van der Waals surface area contributed by atoms with Crippen LogP contribution in [0.1, 0.15) is 10.4 Å². The van der Waals surface area contributed by atoms with E-state index in [9.17, 15) is 9.18 Å². The molecule has 0 aliphatic carbocycles. The molecular formula is C19H26FIN4OS. The number of likely N-dealkylation sites (N-methyl/N-ethyl adjacent to an activating group) is 1. The maximum absolute atomic E-state index is 13.1. The Labute approximate surface area is 181 Å². The van der Waals surface area contributed by atoms with E-state index in [0.29, 0.717) is 12.5 Å². The molecule has 1 aromatic heterocycles. The first kappa shape index (κ1) is 23.4. The molecule has 0 saturated heterocycles. The van der Waals surface area contributed by atoms with E-state index in [1.807, 2.05) is 18.0 Å². The second-order valence-corrected chi connectivity index (χ2v) is 7.20. The van der Waals surface area contributed by atoms with Crippen molar-refractivity contribution in [2.45, 2.75) is 13.0 Å². The highest BCUT2D eigenvalue weighted by Crippen LogP contribution is 2.09. The van der Waals surface area contributed by atoms with E-state index in [1.165, 1.54) is 21.9 Å². The number of rotatable bonds is 7. The number of aliphatic imine (C=N–C) groups is 1. The van der Waals surface area contributed by atoms with Gasteiger partial charge in [0, 0.05) is 39.1 Å². The minimum absolute atomic E-state index is 0. The SMILES string of the molecule is CN(C)C(=O)CN=C(NCCc1cccs1)N(C)Cc1ccc(F)cc1.I. The van der Waals surface area contributed by atoms with Crippen molar-refractivity contribution in [2.75, 3.05) is 34.2 Å². The van der Waals surface area contributed by atoms with E-state index in [2.05, 4.69) is 21.8 Å². The van der Waals surface area contributed by atoms with E-state index in [4.69, 9.17) is 0 Å². The Balaban J connectivity index is 0.00000364. The molecule has 0 unspecified atom stereocenters. The number of halogens is 2. The number of carbonyl (C=O) groups is 1. The third-order valence-corrected chi connectivity index (χ3v) is 4.73. The molecule has 0 spiro atoms. The molecule has 0 aliphatic heterocycles. The van der Waals surface area contributed by atoms with E-state index >= 15 is 0 Å². The van der Waals surface area contributed by atoms with Gasteiger partial charge in [0.05, 0.1) is 0 Å². The van der Waals surface area contributed by atoms with E-state index in [1.54, 1.807) is 37.6 Å². The van der Waals surface area contributed by atoms with Gasteiger partial charge >= 0.3 is 0 Å². The van der Waals surface area contributed by atoms with Gasteiger partial charge in [0.2, 0.25) is 5.91 Å².